The molecular formula is C28H22O5. The quantitative estimate of drug-likeness (QED) is 0.232. The molecule has 3 heterocycles. The maximum atomic E-state index is 6.25. The Bertz CT molecular complexity index is 1490. The normalized spacial score (nSPS) is 19.3. The van der Waals surface area contributed by atoms with Crippen LogP contribution >= 0.6 is 0 Å². The van der Waals surface area contributed by atoms with Gasteiger partial charge in [0.2, 0.25) is 0 Å². The monoisotopic (exact) mass is 438 g/mol. The molecule has 0 radical (unpaired) electrons. The van der Waals surface area contributed by atoms with Crippen molar-refractivity contribution in [2.45, 2.75) is 12.2 Å². The molecule has 164 valence electrons. The van der Waals surface area contributed by atoms with Crippen molar-refractivity contribution >= 4 is 32.5 Å². The Hall–Kier alpha value is -3.54. The molecule has 5 nitrogen and oxygen atoms in total. The molecule has 5 aromatic rings. The Kier molecular flexibility index (Phi) is 4.32. The van der Waals surface area contributed by atoms with Crippen LogP contribution in [0.4, 0.5) is 0 Å². The molecule has 2 unspecified atom stereocenters. The van der Waals surface area contributed by atoms with Gasteiger partial charge in [0.15, 0.2) is 0 Å². The topological polar surface area (TPSA) is 56.7 Å². The first-order valence-corrected chi connectivity index (χ1v) is 11.3. The van der Waals surface area contributed by atoms with Crippen molar-refractivity contribution in [3.05, 3.63) is 73.0 Å². The van der Waals surface area contributed by atoms with Crippen molar-refractivity contribution in [3.8, 4) is 22.6 Å². The molecule has 0 N–H and O–H groups in total. The summed E-state index contributed by atoms with van der Waals surface area (Å²) >= 11 is 0. The zero-order chi connectivity index (χ0) is 21.8. The SMILES string of the molecule is c1ccc(-c2coc3c4cc(OCC5CO5)ccc4c4ccccc4c23)c(OCC2CO2)c1. The second kappa shape index (κ2) is 7.51. The lowest BCUT2D eigenvalue weighted by molar-refractivity contribution is 0.263. The van der Waals surface area contributed by atoms with Crippen LogP contribution in [0.25, 0.3) is 43.6 Å². The molecule has 4 aromatic carbocycles. The van der Waals surface area contributed by atoms with Gasteiger partial charge in [-0.2, -0.15) is 0 Å². The molecular weight excluding hydrogens is 416 g/mol. The first-order chi connectivity index (χ1) is 16.3. The van der Waals surface area contributed by atoms with Gasteiger partial charge in [-0.1, -0.05) is 42.5 Å². The maximum Gasteiger partial charge on any atom is 0.143 e. The molecule has 1 aromatic heterocycles. The summed E-state index contributed by atoms with van der Waals surface area (Å²) in [5, 5.41) is 5.60. The first kappa shape index (κ1) is 19.0. The summed E-state index contributed by atoms with van der Waals surface area (Å²) in [6, 6.07) is 22.8. The Labute approximate surface area is 190 Å². The number of fused-ring (bicyclic) bond motifs is 6. The Morgan fingerprint density at radius 1 is 0.697 bits per heavy atom. The van der Waals surface area contributed by atoms with Crippen LogP contribution in [0.1, 0.15) is 0 Å². The van der Waals surface area contributed by atoms with Crippen LogP contribution in [0.2, 0.25) is 0 Å². The largest absolute Gasteiger partial charge is 0.491 e. The fourth-order valence-electron chi connectivity index (χ4n) is 4.51. The van der Waals surface area contributed by atoms with Gasteiger partial charge in [0, 0.05) is 21.9 Å². The van der Waals surface area contributed by atoms with Crippen molar-refractivity contribution in [2.24, 2.45) is 0 Å². The van der Waals surface area contributed by atoms with Gasteiger partial charge in [0.25, 0.3) is 0 Å². The predicted molar refractivity (Wildman–Crippen MR) is 127 cm³/mol. The third kappa shape index (κ3) is 3.41. The molecule has 2 aliphatic heterocycles. The van der Waals surface area contributed by atoms with Gasteiger partial charge in [0.1, 0.15) is 42.5 Å². The summed E-state index contributed by atoms with van der Waals surface area (Å²) in [5.41, 5.74) is 2.89. The summed E-state index contributed by atoms with van der Waals surface area (Å²) in [7, 11) is 0. The van der Waals surface area contributed by atoms with E-state index in [1.54, 1.807) is 0 Å². The van der Waals surface area contributed by atoms with Gasteiger partial charge < -0.3 is 23.4 Å². The smallest absolute Gasteiger partial charge is 0.143 e. The maximum absolute atomic E-state index is 6.25. The minimum Gasteiger partial charge on any atom is -0.491 e. The van der Waals surface area contributed by atoms with E-state index in [0.29, 0.717) is 13.2 Å². The van der Waals surface area contributed by atoms with Gasteiger partial charge in [-0.15, -0.1) is 0 Å². The second-order valence-electron chi connectivity index (χ2n) is 8.64. The number of epoxide rings is 2. The molecule has 33 heavy (non-hydrogen) atoms. The van der Waals surface area contributed by atoms with Crippen molar-refractivity contribution in [3.63, 3.8) is 0 Å². The van der Waals surface area contributed by atoms with Crippen LogP contribution in [0, 0.1) is 0 Å². The van der Waals surface area contributed by atoms with Crippen molar-refractivity contribution in [1.29, 1.82) is 0 Å². The third-order valence-electron chi connectivity index (χ3n) is 6.36. The van der Waals surface area contributed by atoms with E-state index in [2.05, 4.69) is 42.5 Å². The lowest BCUT2D eigenvalue weighted by atomic mass is 9.94. The van der Waals surface area contributed by atoms with E-state index in [4.69, 9.17) is 23.4 Å². The Morgan fingerprint density at radius 2 is 1.39 bits per heavy atom. The fourth-order valence-corrected chi connectivity index (χ4v) is 4.51. The van der Waals surface area contributed by atoms with Gasteiger partial charge in [-0.3, -0.25) is 0 Å². The van der Waals surface area contributed by atoms with E-state index in [0.717, 1.165) is 63.0 Å². The van der Waals surface area contributed by atoms with Crippen molar-refractivity contribution < 1.29 is 23.4 Å². The fraction of sp³-hybridized carbons (Fsp3) is 0.214. The lowest BCUT2D eigenvalue weighted by Crippen LogP contribution is -2.04. The second-order valence-corrected chi connectivity index (χ2v) is 8.64. The Morgan fingerprint density at radius 3 is 2.21 bits per heavy atom. The minimum atomic E-state index is 0.198. The minimum absolute atomic E-state index is 0.198. The summed E-state index contributed by atoms with van der Waals surface area (Å²) < 4.78 is 28.9. The molecule has 0 aliphatic carbocycles. The highest BCUT2D eigenvalue weighted by atomic mass is 16.6. The number of benzene rings is 4. The lowest BCUT2D eigenvalue weighted by Gasteiger charge is -2.12. The van der Waals surface area contributed by atoms with Crippen LogP contribution in [0.15, 0.2) is 77.4 Å². The highest BCUT2D eigenvalue weighted by molar-refractivity contribution is 6.27. The third-order valence-corrected chi connectivity index (χ3v) is 6.36. The van der Waals surface area contributed by atoms with Crippen LogP contribution in [-0.2, 0) is 9.47 Å². The number of furan rings is 1. The van der Waals surface area contributed by atoms with E-state index in [-0.39, 0.29) is 12.2 Å². The molecule has 2 saturated heterocycles. The summed E-state index contributed by atoms with van der Waals surface area (Å²) in [4.78, 5) is 0. The highest BCUT2D eigenvalue weighted by Gasteiger charge is 2.25. The number of hydrogen-bond acceptors (Lipinski definition) is 5. The van der Waals surface area contributed by atoms with Gasteiger partial charge in [-0.05, 0) is 40.4 Å². The summed E-state index contributed by atoms with van der Waals surface area (Å²) in [6.07, 6.45) is 2.26. The molecule has 2 atom stereocenters. The molecule has 7 rings (SSSR count). The van der Waals surface area contributed by atoms with Crippen LogP contribution in [-0.4, -0.2) is 38.6 Å². The summed E-state index contributed by atoms with van der Waals surface area (Å²) in [5.74, 6) is 1.65. The molecule has 0 bridgehead atoms. The molecule has 2 fully saturated rings. The van der Waals surface area contributed by atoms with Crippen LogP contribution < -0.4 is 9.47 Å². The van der Waals surface area contributed by atoms with E-state index in [1.807, 2.05) is 30.5 Å². The average molecular weight is 438 g/mol. The molecule has 2 aliphatic rings. The number of para-hydroxylation sites is 1. The van der Waals surface area contributed by atoms with Gasteiger partial charge >= 0.3 is 0 Å². The number of ether oxygens (including phenoxy) is 4. The molecule has 0 amide bonds. The average Bonchev–Trinajstić information content (AvgIpc) is 3.80. The van der Waals surface area contributed by atoms with E-state index in [1.165, 1.54) is 5.39 Å². The molecule has 0 spiro atoms. The predicted octanol–water partition coefficient (Wildman–Crippen LogP) is 5.96. The van der Waals surface area contributed by atoms with Gasteiger partial charge in [0.05, 0.1) is 19.5 Å². The molecule has 0 saturated carbocycles. The zero-order valence-corrected chi connectivity index (χ0v) is 18.0. The van der Waals surface area contributed by atoms with E-state index < -0.39 is 0 Å². The van der Waals surface area contributed by atoms with E-state index in [9.17, 15) is 0 Å². The standard InChI is InChI=1S/C28H22O5/c1-2-7-23-20(5-1)21-10-9-17(29-12-18-13-30-18)11-24(21)28-27(23)25(16-33-28)22-6-3-4-8-26(22)32-15-19-14-31-19/h1-11,16,18-19H,12-15H2. The summed E-state index contributed by atoms with van der Waals surface area (Å²) in [6.45, 7) is 2.67. The zero-order valence-electron chi connectivity index (χ0n) is 18.0. The van der Waals surface area contributed by atoms with Crippen molar-refractivity contribution in [2.75, 3.05) is 26.4 Å². The molecule has 5 heteroatoms. The Balaban J connectivity index is 1.43. The number of rotatable bonds is 7. The first-order valence-electron chi connectivity index (χ1n) is 11.3. The number of hydrogen-bond donors (Lipinski definition) is 0. The van der Waals surface area contributed by atoms with E-state index >= 15 is 0 Å². The van der Waals surface area contributed by atoms with Crippen LogP contribution in [0.5, 0.6) is 11.5 Å². The highest BCUT2D eigenvalue weighted by Crippen LogP contribution is 2.44. The van der Waals surface area contributed by atoms with Gasteiger partial charge in [-0.25, -0.2) is 0 Å². The van der Waals surface area contributed by atoms with Crippen molar-refractivity contribution in [1.82, 2.24) is 0 Å². The van der Waals surface area contributed by atoms with Crippen LogP contribution in [0.3, 0.4) is 0 Å².